The molecule has 0 aliphatic carbocycles. The van der Waals surface area contributed by atoms with E-state index in [2.05, 4.69) is 41.6 Å². The highest BCUT2D eigenvalue weighted by atomic mass is 35.5. The summed E-state index contributed by atoms with van der Waals surface area (Å²) in [4.78, 5) is 14.6. The van der Waals surface area contributed by atoms with Crippen LogP contribution in [-0.2, 0) is 37.6 Å². The van der Waals surface area contributed by atoms with Crippen molar-refractivity contribution in [3.8, 4) is 11.1 Å². The van der Waals surface area contributed by atoms with E-state index < -0.39 is 41.2 Å². The molecule has 12 nitrogen and oxygen atoms in total. The summed E-state index contributed by atoms with van der Waals surface area (Å²) in [6.07, 6.45) is 3.76. The summed E-state index contributed by atoms with van der Waals surface area (Å²) < 4.78 is 120. The van der Waals surface area contributed by atoms with Gasteiger partial charge in [0.1, 0.15) is 22.9 Å². The van der Waals surface area contributed by atoms with Gasteiger partial charge in [-0.25, -0.2) is 31.2 Å². The first kappa shape index (κ1) is 49.1. The SMILES string of the molecule is C[C@@H](c1cc(F)ccc1-c1ccc(Cl)cc1)N1CCC(N2CCc3c(ncnc3NS(=O)(=O)c3ccc(N[C@H](CCN4CCOCC4)CSc4ccccc4)c(S(=O)(=O)C(F)(F)F)c3)C2)CC1. The Kier molecular flexibility index (Phi) is 15.5. The summed E-state index contributed by atoms with van der Waals surface area (Å²) in [6, 6.07) is 24.2. The molecule has 1 aromatic heterocycles. The number of sulfonamides is 1. The molecule has 2 atom stereocenters. The molecule has 0 unspecified atom stereocenters. The first-order chi connectivity index (χ1) is 32.1. The van der Waals surface area contributed by atoms with E-state index in [1.54, 1.807) is 12.1 Å². The van der Waals surface area contributed by atoms with Gasteiger partial charge in [0.2, 0.25) is 0 Å². The Morgan fingerprint density at radius 2 is 1.63 bits per heavy atom. The molecule has 2 fully saturated rings. The Morgan fingerprint density at radius 1 is 0.896 bits per heavy atom. The van der Waals surface area contributed by atoms with Crippen molar-refractivity contribution in [2.24, 2.45) is 0 Å². The van der Waals surface area contributed by atoms with E-state index in [0.29, 0.717) is 86.9 Å². The highest BCUT2D eigenvalue weighted by Gasteiger charge is 2.48. The summed E-state index contributed by atoms with van der Waals surface area (Å²) in [5.41, 5.74) is -2.11. The van der Waals surface area contributed by atoms with Crippen LogP contribution in [0.5, 0.6) is 0 Å². The van der Waals surface area contributed by atoms with Gasteiger partial charge in [-0.15, -0.1) is 11.8 Å². The quantitative estimate of drug-likeness (QED) is 0.0722. The summed E-state index contributed by atoms with van der Waals surface area (Å²) in [6.45, 7) is 7.68. The number of nitrogens with zero attached hydrogens (tertiary/aromatic N) is 5. The number of fused-ring (bicyclic) bond motifs is 1. The van der Waals surface area contributed by atoms with Crippen LogP contribution in [-0.4, -0.2) is 117 Å². The number of alkyl halides is 3. The minimum Gasteiger partial charge on any atom is -0.380 e. The maximum Gasteiger partial charge on any atom is 0.501 e. The lowest BCUT2D eigenvalue weighted by Gasteiger charge is -2.42. The van der Waals surface area contributed by atoms with Crippen LogP contribution < -0.4 is 10.0 Å². The second-order valence-corrected chi connectivity index (χ2v) is 22.1. The van der Waals surface area contributed by atoms with E-state index in [9.17, 15) is 34.4 Å². The minimum absolute atomic E-state index is 0.0246. The first-order valence-corrected chi connectivity index (χ1v) is 26.5. The molecule has 2 N–H and O–H groups in total. The molecule has 3 aliphatic rings. The van der Waals surface area contributed by atoms with Gasteiger partial charge in [-0.2, -0.15) is 13.2 Å². The van der Waals surface area contributed by atoms with Crippen molar-refractivity contribution in [2.75, 3.05) is 68.3 Å². The number of ether oxygens (including phenoxy) is 1. The van der Waals surface area contributed by atoms with Gasteiger partial charge in [0.05, 0.1) is 29.5 Å². The van der Waals surface area contributed by atoms with Crippen molar-refractivity contribution in [1.82, 2.24) is 24.7 Å². The number of hydrogen-bond acceptors (Lipinski definition) is 12. The van der Waals surface area contributed by atoms with E-state index in [0.717, 1.165) is 59.6 Å². The Labute approximate surface area is 398 Å². The monoisotopic (exact) mass is 1000 g/mol. The molecule has 4 heterocycles. The number of likely N-dealkylation sites (tertiary alicyclic amines) is 1. The number of halogens is 5. The number of piperidine rings is 1. The van der Waals surface area contributed by atoms with Crippen LogP contribution in [0.2, 0.25) is 5.02 Å². The fourth-order valence-electron chi connectivity index (χ4n) is 9.00. The van der Waals surface area contributed by atoms with Crippen molar-refractivity contribution in [3.63, 3.8) is 0 Å². The largest absolute Gasteiger partial charge is 0.501 e. The number of nitrogens with one attached hydrogen (secondary N) is 2. The van der Waals surface area contributed by atoms with Crippen LogP contribution in [0.1, 0.15) is 49.0 Å². The van der Waals surface area contributed by atoms with E-state index in [1.165, 1.54) is 24.2 Å². The Morgan fingerprint density at radius 3 is 2.34 bits per heavy atom. The molecule has 20 heteroatoms. The number of anilines is 2. The number of benzene rings is 4. The molecule has 67 heavy (non-hydrogen) atoms. The van der Waals surface area contributed by atoms with E-state index in [1.807, 2.05) is 54.6 Å². The zero-order valence-electron chi connectivity index (χ0n) is 36.8. The van der Waals surface area contributed by atoms with Crippen LogP contribution in [0.3, 0.4) is 0 Å². The number of rotatable bonds is 16. The summed E-state index contributed by atoms with van der Waals surface area (Å²) in [7, 11) is -10.7. The molecule has 0 spiro atoms. The van der Waals surface area contributed by atoms with Crippen LogP contribution in [0, 0.1) is 5.82 Å². The molecule has 8 rings (SSSR count). The molecule has 0 amide bonds. The third-order valence-corrected chi connectivity index (χ3v) is 17.0. The van der Waals surface area contributed by atoms with E-state index in [-0.39, 0.29) is 29.4 Å². The average Bonchev–Trinajstić information content (AvgIpc) is 3.32. The fourth-order valence-corrected chi connectivity index (χ4v) is 12.2. The molecular formula is C47H52ClF4N7O5S3. The van der Waals surface area contributed by atoms with E-state index in [4.69, 9.17) is 16.3 Å². The van der Waals surface area contributed by atoms with Crippen molar-refractivity contribution in [1.29, 1.82) is 0 Å². The Balaban J connectivity index is 0.961. The summed E-state index contributed by atoms with van der Waals surface area (Å²) in [5, 5.41) is 3.67. The summed E-state index contributed by atoms with van der Waals surface area (Å²) in [5.74, 6) is 0.0611. The first-order valence-electron chi connectivity index (χ1n) is 22.1. The maximum absolute atomic E-state index is 14.6. The Bertz CT molecular complexity index is 2730. The van der Waals surface area contributed by atoms with Gasteiger partial charge < -0.3 is 10.1 Å². The smallest absolute Gasteiger partial charge is 0.380 e. The highest BCUT2D eigenvalue weighted by Crippen LogP contribution is 2.39. The van der Waals surface area contributed by atoms with Gasteiger partial charge >= 0.3 is 5.51 Å². The van der Waals surface area contributed by atoms with Gasteiger partial charge in [0, 0.05) is 85.2 Å². The molecule has 0 radical (unpaired) electrons. The molecule has 358 valence electrons. The van der Waals surface area contributed by atoms with Crippen LogP contribution in [0.15, 0.2) is 112 Å². The normalized spacial score (nSPS) is 18.0. The fraction of sp³-hybridized carbons (Fsp3) is 0.404. The number of sulfone groups is 1. The molecule has 0 saturated carbocycles. The Hall–Kier alpha value is -4.34. The van der Waals surface area contributed by atoms with Gasteiger partial charge in [0.25, 0.3) is 19.9 Å². The molecule has 5 aromatic rings. The lowest BCUT2D eigenvalue weighted by Crippen LogP contribution is -2.47. The molecule has 0 bridgehead atoms. The summed E-state index contributed by atoms with van der Waals surface area (Å²) >= 11 is 7.61. The van der Waals surface area contributed by atoms with Crippen LogP contribution in [0.25, 0.3) is 11.1 Å². The lowest BCUT2D eigenvalue weighted by atomic mass is 9.92. The van der Waals surface area contributed by atoms with Crippen LogP contribution >= 0.6 is 23.4 Å². The number of thioether (sulfide) groups is 1. The topological polar surface area (TPSA) is 137 Å². The zero-order chi connectivity index (χ0) is 47.3. The predicted molar refractivity (Wildman–Crippen MR) is 253 cm³/mol. The lowest BCUT2D eigenvalue weighted by molar-refractivity contribution is -0.0435. The average molecular weight is 1000 g/mol. The molecule has 2 saturated heterocycles. The molecule has 4 aromatic carbocycles. The predicted octanol–water partition coefficient (Wildman–Crippen LogP) is 8.91. The second-order valence-electron chi connectivity index (χ2n) is 17.0. The molecular weight excluding hydrogens is 950 g/mol. The van der Waals surface area contributed by atoms with Gasteiger partial charge in [-0.3, -0.25) is 19.4 Å². The minimum atomic E-state index is -6.02. The second kappa shape index (κ2) is 21.1. The van der Waals surface area contributed by atoms with Crippen molar-refractivity contribution < 1.29 is 39.1 Å². The number of hydrogen-bond donors (Lipinski definition) is 2. The van der Waals surface area contributed by atoms with Gasteiger partial charge in [-0.05, 0) is 104 Å². The van der Waals surface area contributed by atoms with E-state index >= 15 is 0 Å². The van der Waals surface area contributed by atoms with Gasteiger partial charge in [0.15, 0.2) is 0 Å². The maximum atomic E-state index is 14.6. The van der Waals surface area contributed by atoms with Crippen molar-refractivity contribution >= 4 is 54.7 Å². The third-order valence-electron chi connectivity index (χ3n) is 12.8. The van der Waals surface area contributed by atoms with Crippen molar-refractivity contribution in [2.45, 2.75) is 77.5 Å². The zero-order valence-corrected chi connectivity index (χ0v) is 40.0. The van der Waals surface area contributed by atoms with Crippen molar-refractivity contribution in [3.05, 3.63) is 125 Å². The van der Waals surface area contributed by atoms with Crippen LogP contribution in [0.4, 0.5) is 29.1 Å². The molecule has 3 aliphatic heterocycles. The standard InChI is InChI=1S/C47H52ClF4N7O5S3/c1-32(42-27-35(49)11-13-40(42)33-7-9-34(48)10-8-33)58-20-16-37(17-21-58)59-22-18-41-44(29-59)53-31-54-46(41)56-67(62,63)39-12-14-43(45(28-39)66(60,61)47(50,51)52)55-36(15-19-57-23-25-64-26-24-57)30-65-38-5-3-2-4-6-38/h2-14,27-28,31-32,36-37,55H,15-26,29-30H2,1H3,(H,53,54,56)/t32-,36+/m0/s1. The number of morpholine rings is 1. The van der Waals surface area contributed by atoms with Gasteiger partial charge in [-0.1, -0.05) is 48.0 Å². The number of aromatic nitrogens is 2. The highest BCUT2D eigenvalue weighted by molar-refractivity contribution is 7.99. The third kappa shape index (κ3) is 11.8.